The van der Waals surface area contributed by atoms with Crippen molar-refractivity contribution in [2.24, 2.45) is 0 Å². The van der Waals surface area contributed by atoms with Crippen LogP contribution in [0.2, 0.25) is 0 Å². The van der Waals surface area contributed by atoms with E-state index in [0.29, 0.717) is 11.5 Å². The zero-order valence-corrected chi connectivity index (χ0v) is 14.7. The van der Waals surface area contributed by atoms with Crippen molar-refractivity contribution in [3.63, 3.8) is 0 Å². The molecule has 0 fully saturated rings. The first-order chi connectivity index (χ1) is 12.8. The Hall–Kier alpha value is -2.92. The SMILES string of the molecule is O=C(Nc1ccccc1Sc1ccccc1)[C@H]1COc2ccccc2O1. The third-order valence-electron chi connectivity index (χ3n) is 3.92. The van der Waals surface area contributed by atoms with Gasteiger partial charge in [-0.05, 0) is 36.4 Å². The summed E-state index contributed by atoms with van der Waals surface area (Å²) in [4.78, 5) is 14.7. The number of carbonyl (C=O) groups excluding carboxylic acids is 1. The molecule has 4 rings (SSSR count). The van der Waals surface area contributed by atoms with Gasteiger partial charge >= 0.3 is 0 Å². The molecule has 0 aromatic heterocycles. The minimum Gasteiger partial charge on any atom is -0.485 e. The van der Waals surface area contributed by atoms with Gasteiger partial charge in [0.05, 0.1) is 5.69 Å². The molecule has 0 bridgehead atoms. The average molecular weight is 363 g/mol. The zero-order chi connectivity index (χ0) is 17.8. The van der Waals surface area contributed by atoms with Crippen LogP contribution in [0.3, 0.4) is 0 Å². The first kappa shape index (κ1) is 16.5. The standard InChI is InChI=1S/C21H17NO3S/c23-21(19-14-24-17-11-5-6-12-18(17)25-19)22-16-10-4-7-13-20(16)26-15-8-2-1-3-9-15/h1-13,19H,14H2,(H,22,23)/t19-/m1/s1. The van der Waals surface area contributed by atoms with Crippen LogP contribution in [-0.4, -0.2) is 18.6 Å². The normalized spacial score (nSPS) is 15.3. The summed E-state index contributed by atoms with van der Waals surface area (Å²) < 4.78 is 11.4. The highest BCUT2D eigenvalue weighted by Crippen LogP contribution is 2.34. The molecule has 1 aliphatic heterocycles. The number of nitrogens with one attached hydrogen (secondary N) is 1. The lowest BCUT2D eigenvalue weighted by Crippen LogP contribution is -2.40. The Balaban J connectivity index is 1.48. The molecule has 5 heteroatoms. The van der Waals surface area contributed by atoms with Crippen LogP contribution in [0.25, 0.3) is 0 Å². The lowest BCUT2D eigenvalue weighted by atomic mass is 10.2. The summed E-state index contributed by atoms with van der Waals surface area (Å²) in [7, 11) is 0. The lowest BCUT2D eigenvalue weighted by molar-refractivity contribution is -0.125. The van der Waals surface area contributed by atoms with Gasteiger partial charge in [-0.2, -0.15) is 0 Å². The Kier molecular flexibility index (Phi) is 4.80. The number of fused-ring (bicyclic) bond motifs is 1. The number of hydrogen-bond acceptors (Lipinski definition) is 4. The maximum atomic E-state index is 12.7. The number of benzene rings is 3. The Morgan fingerprint density at radius 3 is 2.42 bits per heavy atom. The maximum absolute atomic E-state index is 12.7. The largest absolute Gasteiger partial charge is 0.485 e. The fourth-order valence-electron chi connectivity index (χ4n) is 2.64. The number of anilines is 1. The zero-order valence-electron chi connectivity index (χ0n) is 13.9. The molecule has 0 saturated carbocycles. The molecule has 0 spiro atoms. The molecular formula is C21H17NO3S. The average Bonchev–Trinajstić information content (AvgIpc) is 2.70. The van der Waals surface area contributed by atoms with Crippen molar-refractivity contribution in [1.82, 2.24) is 0 Å². The maximum Gasteiger partial charge on any atom is 0.269 e. The van der Waals surface area contributed by atoms with Crippen molar-refractivity contribution >= 4 is 23.4 Å². The first-order valence-corrected chi connectivity index (χ1v) is 9.12. The van der Waals surface area contributed by atoms with Crippen molar-refractivity contribution in [3.05, 3.63) is 78.9 Å². The third-order valence-corrected chi connectivity index (χ3v) is 5.00. The van der Waals surface area contributed by atoms with E-state index >= 15 is 0 Å². The van der Waals surface area contributed by atoms with Gasteiger partial charge in [0.15, 0.2) is 11.5 Å². The van der Waals surface area contributed by atoms with Crippen LogP contribution in [0.15, 0.2) is 88.7 Å². The van der Waals surface area contributed by atoms with E-state index in [1.54, 1.807) is 17.8 Å². The smallest absolute Gasteiger partial charge is 0.269 e. The number of ether oxygens (including phenoxy) is 2. The first-order valence-electron chi connectivity index (χ1n) is 8.31. The van der Waals surface area contributed by atoms with Gasteiger partial charge in [0.1, 0.15) is 6.61 Å². The molecule has 0 unspecified atom stereocenters. The molecule has 0 radical (unpaired) electrons. The van der Waals surface area contributed by atoms with E-state index in [9.17, 15) is 4.79 Å². The van der Waals surface area contributed by atoms with Gasteiger partial charge < -0.3 is 14.8 Å². The van der Waals surface area contributed by atoms with Gasteiger partial charge in [0.2, 0.25) is 6.10 Å². The Morgan fingerprint density at radius 2 is 1.58 bits per heavy atom. The van der Waals surface area contributed by atoms with Gasteiger partial charge in [-0.3, -0.25) is 4.79 Å². The number of para-hydroxylation sites is 3. The molecule has 1 N–H and O–H groups in total. The molecule has 130 valence electrons. The van der Waals surface area contributed by atoms with Crippen molar-refractivity contribution in [1.29, 1.82) is 0 Å². The minimum atomic E-state index is -0.681. The second kappa shape index (κ2) is 7.54. The molecular weight excluding hydrogens is 346 g/mol. The molecule has 1 atom stereocenters. The van der Waals surface area contributed by atoms with E-state index in [-0.39, 0.29) is 12.5 Å². The van der Waals surface area contributed by atoms with E-state index in [1.165, 1.54) is 0 Å². The Bertz CT molecular complexity index is 914. The number of carbonyl (C=O) groups is 1. The summed E-state index contributed by atoms with van der Waals surface area (Å²) in [6.07, 6.45) is -0.681. The van der Waals surface area contributed by atoms with Crippen LogP contribution in [0.1, 0.15) is 0 Å². The van der Waals surface area contributed by atoms with E-state index in [0.717, 1.165) is 15.5 Å². The van der Waals surface area contributed by atoms with Crippen LogP contribution in [0.4, 0.5) is 5.69 Å². The molecule has 1 heterocycles. The van der Waals surface area contributed by atoms with Crippen molar-refractivity contribution in [2.75, 3.05) is 11.9 Å². The quantitative estimate of drug-likeness (QED) is 0.735. The predicted octanol–water partition coefficient (Wildman–Crippen LogP) is 4.62. The predicted molar refractivity (Wildman–Crippen MR) is 102 cm³/mol. The van der Waals surface area contributed by atoms with Crippen molar-refractivity contribution < 1.29 is 14.3 Å². The van der Waals surface area contributed by atoms with Crippen LogP contribution < -0.4 is 14.8 Å². The van der Waals surface area contributed by atoms with E-state index < -0.39 is 6.10 Å². The fourth-order valence-corrected chi connectivity index (χ4v) is 3.56. The van der Waals surface area contributed by atoms with E-state index in [2.05, 4.69) is 5.32 Å². The molecule has 0 saturated heterocycles. The van der Waals surface area contributed by atoms with E-state index in [4.69, 9.17) is 9.47 Å². The van der Waals surface area contributed by atoms with Crippen molar-refractivity contribution in [2.45, 2.75) is 15.9 Å². The number of rotatable bonds is 4. The highest BCUT2D eigenvalue weighted by Gasteiger charge is 2.27. The van der Waals surface area contributed by atoms with Gasteiger partial charge in [0, 0.05) is 9.79 Å². The summed E-state index contributed by atoms with van der Waals surface area (Å²) >= 11 is 1.60. The summed E-state index contributed by atoms with van der Waals surface area (Å²) in [6.45, 7) is 0.191. The summed E-state index contributed by atoms with van der Waals surface area (Å²) in [5.74, 6) is 1.03. The monoisotopic (exact) mass is 363 g/mol. The second-order valence-corrected chi connectivity index (χ2v) is 6.88. The van der Waals surface area contributed by atoms with Gasteiger partial charge in [-0.15, -0.1) is 0 Å². The van der Waals surface area contributed by atoms with Crippen LogP contribution >= 0.6 is 11.8 Å². The van der Waals surface area contributed by atoms with Crippen LogP contribution in [0, 0.1) is 0 Å². The lowest BCUT2D eigenvalue weighted by Gasteiger charge is -2.25. The molecule has 26 heavy (non-hydrogen) atoms. The third kappa shape index (κ3) is 3.68. The summed E-state index contributed by atoms with van der Waals surface area (Å²) in [5, 5.41) is 2.97. The highest BCUT2D eigenvalue weighted by atomic mass is 32.2. The van der Waals surface area contributed by atoms with Crippen LogP contribution in [0.5, 0.6) is 11.5 Å². The van der Waals surface area contributed by atoms with Gasteiger partial charge in [0.25, 0.3) is 5.91 Å². The molecule has 0 aliphatic carbocycles. The highest BCUT2D eigenvalue weighted by molar-refractivity contribution is 7.99. The van der Waals surface area contributed by atoms with Gasteiger partial charge in [-0.25, -0.2) is 0 Å². The van der Waals surface area contributed by atoms with Gasteiger partial charge in [-0.1, -0.05) is 54.2 Å². The summed E-state index contributed by atoms with van der Waals surface area (Å²) in [6, 6.07) is 25.1. The molecule has 3 aromatic carbocycles. The molecule has 4 nitrogen and oxygen atoms in total. The number of amides is 1. The second-order valence-electron chi connectivity index (χ2n) is 5.76. The molecule has 1 amide bonds. The fraction of sp³-hybridized carbons (Fsp3) is 0.0952. The van der Waals surface area contributed by atoms with Crippen molar-refractivity contribution in [3.8, 4) is 11.5 Å². The Labute approximate surface area is 156 Å². The molecule has 1 aliphatic rings. The van der Waals surface area contributed by atoms with E-state index in [1.807, 2.05) is 72.8 Å². The Morgan fingerprint density at radius 1 is 0.885 bits per heavy atom. The molecule has 3 aromatic rings. The summed E-state index contributed by atoms with van der Waals surface area (Å²) in [5.41, 5.74) is 0.758. The van der Waals surface area contributed by atoms with Crippen LogP contribution in [-0.2, 0) is 4.79 Å². The topological polar surface area (TPSA) is 47.6 Å². The number of hydrogen-bond donors (Lipinski definition) is 1. The minimum absolute atomic E-state index is 0.191.